The van der Waals surface area contributed by atoms with Gasteiger partial charge in [0.25, 0.3) is 0 Å². The molecule has 3 aromatic rings. The first-order chi connectivity index (χ1) is 9.65. The topological polar surface area (TPSA) is 68.0 Å². The van der Waals surface area contributed by atoms with E-state index in [-0.39, 0.29) is 5.56 Å². The monoisotopic (exact) mass is 267 g/mol. The first-order valence-corrected chi connectivity index (χ1v) is 6.26. The third kappa shape index (κ3) is 2.14. The van der Waals surface area contributed by atoms with Crippen molar-refractivity contribution in [1.29, 1.82) is 0 Å². The minimum Gasteiger partial charge on any atom is -0.478 e. The van der Waals surface area contributed by atoms with E-state index in [1.807, 2.05) is 31.2 Å². The maximum Gasteiger partial charge on any atom is 0.335 e. The van der Waals surface area contributed by atoms with Gasteiger partial charge >= 0.3 is 5.97 Å². The van der Waals surface area contributed by atoms with Gasteiger partial charge in [0, 0.05) is 0 Å². The zero-order valence-corrected chi connectivity index (χ0v) is 10.9. The zero-order chi connectivity index (χ0) is 14.1. The fourth-order valence-corrected chi connectivity index (χ4v) is 2.16. The van der Waals surface area contributed by atoms with E-state index in [1.165, 1.54) is 11.6 Å². The Hall–Kier alpha value is -2.69. The summed E-state index contributed by atoms with van der Waals surface area (Å²) in [5.41, 5.74) is 3.98. The highest BCUT2D eigenvalue weighted by Gasteiger charge is 2.10. The van der Waals surface area contributed by atoms with Crippen LogP contribution >= 0.6 is 0 Å². The van der Waals surface area contributed by atoms with Crippen LogP contribution in [0.2, 0.25) is 0 Å². The van der Waals surface area contributed by atoms with E-state index in [4.69, 9.17) is 5.11 Å². The van der Waals surface area contributed by atoms with Crippen LogP contribution in [0, 0.1) is 6.92 Å². The zero-order valence-electron chi connectivity index (χ0n) is 10.9. The molecule has 0 saturated carbocycles. The van der Waals surface area contributed by atoms with Crippen molar-refractivity contribution in [2.45, 2.75) is 13.5 Å². The van der Waals surface area contributed by atoms with Crippen molar-refractivity contribution in [3.05, 3.63) is 59.2 Å². The average molecular weight is 267 g/mol. The second-order valence-corrected chi connectivity index (χ2v) is 4.68. The minimum absolute atomic E-state index is 0.242. The summed E-state index contributed by atoms with van der Waals surface area (Å²) in [5.74, 6) is -0.949. The summed E-state index contributed by atoms with van der Waals surface area (Å²) in [5, 5.41) is 17.2. The van der Waals surface area contributed by atoms with E-state index < -0.39 is 5.97 Å². The normalized spacial score (nSPS) is 10.8. The number of benzene rings is 2. The maximum atomic E-state index is 11.0. The summed E-state index contributed by atoms with van der Waals surface area (Å²) in [6, 6.07) is 12.9. The number of nitrogens with zero attached hydrogens (tertiary/aromatic N) is 3. The predicted molar refractivity (Wildman–Crippen MR) is 74.8 cm³/mol. The van der Waals surface area contributed by atoms with Gasteiger partial charge < -0.3 is 5.11 Å². The van der Waals surface area contributed by atoms with Gasteiger partial charge in [-0.2, -0.15) is 0 Å². The Bertz CT molecular complexity index is 793. The highest BCUT2D eigenvalue weighted by atomic mass is 16.4. The van der Waals surface area contributed by atoms with Gasteiger partial charge in [0.2, 0.25) is 0 Å². The van der Waals surface area contributed by atoms with Crippen LogP contribution in [0.5, 0.6) is 0 Å². The summed E-state index contributed by atoms with van der Waals surface area (Å²) in [4.78, 5) is 11.0. The van der Waals surface area contributed by atoms with Crippen molar-refractivity contribution in [1.82, 2.24) is 15.0 Å². The average Bonchev–Trinajstić information content (AvgIpc) is 2.84. The molecule has 100 valence electrons. The molecule has 0 unspecified atom stereocenters. The quantitative estimate of drug-likeness (QED) is 0.791. The number of carboxylic acids is 1. The Morgan fingerprint density at radius 3 is 2.80 bits per heavy atom. The lowest BCUT2D eigenvalue weighted by Crippen LogP contribution is -2.04. The largest absolute Gasteiger partial charge is 0.478 e. The van der Waals surface area contributed by atoms with Crippen molar-refractivity contribution < 1.29 is 9.90 Å². The van der Waals surface area contributed by atoms with Gasteiger partial charge in [-0.15, -0.1) is 5.10 Å². The van der Waals surface area contributed by atoms with Crippen molar-refractivity contribution in [2.75, 3.05) is 0 Å². The summed E-state index contributed by atoms with van der Waals surface area (Å²) in [7, 11) is 0. The summed E-state index contributed by atoms with van der Waals surface area (Å²) in [6.45, 7) is 2.61. The number of aromatic nitrogens is 3. The number of aryl methyl sites for hydroxylation is 1. The molecule has 0 bridgehead atoms. The molecule has 0 aliphatic heterocycles. The SMILES string of the molecule is Cc1ccccc1Cn1nnc2ccc(C(=O)O)cc21. The number of carboxylic acid groups (broad SMARTS) is 1. The second-order valence-electron chi connectivity index (χ2n) is 4.68. The summed E-state index contributed by atoms with van der Waals surface area (Å²) in [6.07, 6.45) is 0. The molecule has 1 N–H and O–H groups in total. The molecule has 0 saturated heterocycles. The molecular weight excluding hydrogens is 254 g/mol. The number of hydrogen-bond acceptors (Lipinski definition) is 3. The molecule has 0 radical (unpaired) electrons. The molecule has 5 heteroatoms. The van der Waals surface area contributed by atoms with Gasteiger partial charge in [-0.1, -0.05) is 29.5 Å². The van der Waals surface area contributed by atoms with Gasteiger partial charge in [-0.05, 0) is 36.2 Å². The standard InChI is InChI=1S/C15H13N3O2/c1-10-4-2-3-5-12(10)9-18-14-8-11(15(19)20)6-7-13(14)16-17-18/h2-8H,9H2,1H3,(H,19,20). The molecule has 0 spiro atoms. The lowest BCUT2D eigenvalue weighted by molar-refractivity contribution is 0.0697. The molecule has 1 aromatic heterocycles. The molecule has 1 heterocycles. The number of aromatic carboxylic acids is 1. The fourth-order valence-electron chi connectivity index (χ4n) is 2.16. The Kier molecular flexibility index (Phi) is 2.95. The van der Waals surface area contributed by atoms with E-state index in [1.54, 1.807) is 16.8 Å². The number of carbonyl (C=O) groups is 1. The van der Waals surface area contributed by atoms with Crippen molar-refractivity contribution in [3.63, 3.8) is 0 Å². The third-order valence-electron chi connectivity index (χ3n) is 3.34. The van der Waals surface area contributed by atoms with Crippen LogP contribution in [0.3, 0.4) is 0 Å². The van der Waals surface area contributed by atoms with E-state index in [2.05, 4.69) is 10.3 Å². The second kappa shape index (κ2) is 4.77. The van der Waals surface area contributed by atoms with E-state index in [0.717, 1.165) is 11.1 Å². The van der Waals surface area contributed by atoms with Crippen LogP contribution in [0.4, 0.5) is 0 Å². The van der Waals surface area contributed by atoms with Crippen LogP contribution < -0.4 is 0 Å². The summed E-state index contributed by atoms with van der Waals surface area (Å²) >= 11 is 0. The molecule has 0 aliphatic rings. The number of rotatable bonds is 3. The Morgan fingerprint density at radius 1 is 1.25 bits per heavy atom. The minimum atomic E-state index is -0.949. The first-order valence-electron chi connectivity index (χ1n) is 6.26. The van der Waals surface area contributed by atoms with Gasteiger partial charge in [0.15, 0.2) is 0 Å². The van der Waals surface area contributed by atoms with E-state index in [9.17, 15) is 4.79 Å². The van der Waals surface area contributed by atoms with Crippen LogP contribution in [0.15, 0.2) is 42.5 Å². The molecule has 2 aromatic carbocycles. The van der Waals surface area contributed by atoms with E-state index in [0.29, 0.717) is 12.1 Å². The van der Waals surface area contributed by atoms with Crippen LogP contribution in [0.1, 0.15) is 21.5 Å². The van der Waals surface area contributed by atoms with Gasteiger partial charge in [-0.25, -0.2) is 9.48 Å². The van der Waals surface area contributed by atoms with Crippen molar-refractivity contribution in [3.8, 4) is 0 Å². The van der Waals surface area contributed by atoms with Crippen LogP contribution in [-0.4, -0.2) is 26.1 Å². The number of hydrogen-bond donors (Lipinski definition) is 1. The van der Waals surface area contributed by atoms with Gasteiger partial charge in [-0.3, -0.25) is 0 Å². The Balaban J connectivity index is 2.06. The molecule has 20 heavy (non-hydrogen) atoms. The number of fused-ring (bicyclic) bond motifs is 1. The van der Waals surface area contributed by atoms with Crippen LogP contribution in [0.25, 0.3) is 11.0 Å². The van der Waals surface area contributed by atoms with Gasteiger partial charge in [0.1, 0.15) is 5.52 Å². The molecule has 0 atom stereocenters. The first kappa shape index (κ1) is 12.3. The summed E-state index contributed by atoms with van der Waals surface area (Å²) < 4.78 is 1.73. The Labute approximate surface area is 115 Å². The molecule has 0 fully saturated rings. The Morgan fingerprint density at radius 2 is 2.05 bits per heavy atom. The lowest BCUT2D eigenvalue weighted by atomic mass is 10.1. The fraction of sp³-hybridized carbons (Fsp3) is 0.133. The lowest BCUT2D eigenvalue weighted by Gasteiger charge is -2.06. The molecule has 3 rings (SSSR count). The maximum absolute atomic E-state index is 11.0. The predicted octanol–water partition coefficient (Wildman–Crippen LogP) is 2.49. The van der Waals surface area contributed by atoms with Crippen molar-refractivity contribution in [2.24, 2.45) is 0 Å². The molecule has 0 aliphatic carbocycles. The molecular formula is C15H13N3O2. The smallest absolute Gasteiger partial charge is 0.335 e. The molecule has 5 nitrogen and oxygen atoms in total. The van der Waals surface area contributed by atoms with E-state index >= 15 is 0 Å². The highest BCUT2D eigenvalue weighted by Crippen LogP contribution is 2.16. The van der Waals surface area contributed by atoms with Gasteiger partial charge in [0.05, 0.1) is 17.6 Å². The highest BCUT2D eigenvalue weighted by molar-refractivity contribution is 5.92. The van der Waals surface area contributed by atoms with Crippen molar-refractivity contribution >= 4 is 17.0 Å². The third-order valence-corrected chi connectivity index (χ3v) is 3.34. The molecule has 0 amide bonds. The van der Waals surface area contributed by atoms with Crippen LogP contribution in [-0.2, 0) is 6.54 Å².